The molecular formula is C30H46. The van der Waals surface area contributed by atoms with Gasteiger partial charge < -0.3 is 0 Å². The van der Waals surface area contributed by atoms with Gasteiger partial charge in [0.1, 0.15) is 0 Å². The molecule has 0 saturated heterocycles. The monoisotopic (exact) mass is 406 g/mol. The van der Waals surface area contributed by atoms with E-state index in [4.69, 9.17) is 0 Å². The van der Waals surface area contributed by atoms with E-state index in [2.05, 4.69) is 44.2 Å². The van der Waals surface area contributed by atoms with E-state index in [9.17, 15) is 0 Å². The molecule has 166 valence electrons. The van der Waals surface area contributed by atoms with E-state index in [1.165, 1.54) is 96.3 Å². The summed E-state index contributed by atoms with van der Waals surface area (Å²) in [6.07, 6.45) is 26.1. The zero-order chi connectivity index (χ0) is 20.8. The van der Waals surface area contributed by atoms with Crippen molar-refractivity contribution in [3.8, 4) is 0 Å². The van der Waals surface area contributed by atoms with Crippen LogP contribution < -0.4 is 0 Å². The number of unbranched alkanes of at least 4 members (excludes halogenated alkanes) is 2. The molecule has 3 aliphatic carbocycles. The van der Waals surface area contributed by atoms with Gasteiger partial charge in [-0.2, -0.15) is 0 Å². The minimum absolute atomic E-state index is 0.846. The van der Waals surface area contributed by atoms with E-state index in [-0.39, 0.29) is 0 Å². The van der Waals surface area contributed by atoms with E-state index in [1.54, 1.807) is 16.7 Å². The fourth-order valence-corrected chi connectivity index (χ4v) is 7.08. The SMILES string of the molecule is C/C=C/CCC1CCC2CC(c3ccc4c(c3)CCC(CCCCC)C4)CCC2C1. The molecule has 3 aliphatic rings. The summed E-state index contributed by atoms with van der Waals surface area (Å²) in [4.78, 5) is 0. The molecule has 0 radical (unpaired) electrons. The van der Waals surface area contributed by atoms with Crippen LogP contribution >= 0.6 is 0 Å². The molecule has 5 unspecified atom stereocenters. The first-order valence-electron chi connectivity index (χ1n) is 13.5. The van der Waals surface area contributed by atoms with E-state index in [1.807, 2.05) is 0 Å². The number of fused-ring (bicyclic) bond motifs is 2. The van der Waals surface area contributed by atoms with Gasteiger partial charge in [-0.25, -0.2) is 0 Å². The summed E-state index contributed by atoms with van der Waals surface area (Å²) in [6, 6.07) is 7.70. The predicted octanol–water partition coefficient (Wildman–Crippen LogP) is 9.03. The summed E-state index contributed by atoms with van der Waals surface area (Å²) in [5.74, 6) is 4.85. The van der Waals surface area contributed by atoms with Crippen LogP contribution in [0, 0.1) is 23.7 Å². The number of benzene rings is 1. The van der Waals surface area contributed by atoms with Gasteiger partial charge in [0.25, 0.3) is 0 Å². The topological polar surface area (TPSA) is 0 Å². The average molecular weight is 407 g/mol. The van der Waals surface area contributed by atoms with Crippen molar-refractivity contribution in [1.82, 2.24) is 0 Å². The Morgan fingerprint density at radius 3 is 2.60 bits per heavy atom. The van der Waals surface area contributed by atoms with Crippen LogP contribution in [-0.4, -0.2) is 0 Å². The Hall–Kier alpha value is -1.04. The predicted molar refractivity (Wildman–Crippen MR) is 131 cm³/mol. The highest BCUT2D eigenvalue weighted by atomic mass is 14.4. The molecule has 0 N–H and O–H groups in total. The van der Waals surface area contributed by atoms with E-state index in [0.717, 1.165) is 29.6 Å². The van der Waals surface area contributed by atoms with Crippen molar-refractivity contribution in [2.75, 3.05) is 0 Å². The lowest BCUT2D eigenvalue weighted by Gasteiger charge is -2.42. The molecule has 0 bridgehead atoms. The third kappa shape index (κ3) is 5.60. The number of aryl methyl sites for hydroxylation is 1. The van der Waals surface area contributed by atoms with Crippen LogP contribution in [0.1, 0.15) is 120 Å². The largest absolute Gasteiger partial charge is 0.0917 e. The van der Waals surface area contributed by atoms with Crippen LogP contribution in [-0.2, 0) is 12.8 Å². The summed E-state index contributed by atoms with van der Waals surface area (Å²) >= 11 is 0. The van der Waals surface area contributed by atoms with Crippen LogP contribution in [0.2, 0.25) is 0 Å². The molecule has 1 aromatic rings. The maximum absolute atomic E-state index is 2.64. The molecule has 2 fully saturated rings. The molecule has 0 nitrogen and oxygen atoms in total. The van der Waals surface area contributed by atoms with Crippen molar-refractivity contribution in [3.63, 3.8) is 0 Å². The number of allylic oxidation sites excluding steroid dienone is 2. The van der Waals surface area contributed by atoms with Gasteiger partial charge in [0.2, 0.25) is 0 Å². The Labute approximate surface area is 186 Å². The molecule has 1 aromatic carbocycles. The zero-order valence-electron chi connectivity index (χ0n) is 19.9. The Kier molecular flexibility index (Phi) is 8.14. The van der Waals surface area contributed by atoms with Crippen molar-refractivity contribution in [3.05, 3.63) is 47.0 Å². The highest BCUT2D eigenvalue weighted by Gasteiger charge is 2.36. The maximum Gasteiger partial charge on any atom is -0.0159 e. The number of hydrogen-bond acceptors (Lipinski definition) is 0. The molecule has 0 aliphatic heterocycles. The summed E-state index contributed by atoms with van der Waals surface area (Å²) in [5.41, 5.74) is 5.07. The first-order chi connectivity index (χ1) is 14.8. The fourth-order valence-electron chi connectivity index (χ4n) is 7.08. The summed E-state index contributed by atoms with van der Waals surface area (Å²) < 4.78 is 0. The van der Waals surface area contributed by atoms with E-state index >= 15 is 0 Å². The summed E-state index contributed by atoms with van der Waals surface area (Å²) in [6.45, 7) is 4.48. The molecule has 0 heteroatoms. The van der Waals surface area contributed by atoms with Crippen molar-refractivity contribution >= 4 is 0 Å². The van der Waals surface area contributed by atoms with Gasteiger partial charge in [-0.15, -0.1) is 0 Å². The van der Waals surface area contributed by atoms with Crippen LogP contribution in [0.5, 0.6) is 0 Å². The van der Waals surface area contributed by atoms with Crippen molar-refractivity contribution in [1.29, 1.82) is 0 Å². The average Bonchev–Trinajstić information content (AvgIpc) is 2.78. The number of rotatable bonds is 8. The smallest absolute Gasteiger partial charge is 0.0159 e. The van der Waals surface area contributed by atoms with E-state index in [0.29, 0.717) is 0 Å². The molecule has 0 aromatic heterocycles. The lowest BCUT2D eigenvalue weighted by molar-refractivity contribution is 0.115. The molecule has 5 atom stereocenters. The summed E-state index contributed by atoms with van der Waals surface area (Å²) in [7, 11) is 0. The van der Waals surface area contributed by atoms with Crippen LogP contribution in [0.4, 0.5) is 0 Å². The molecular weight excluding hydrogens is 360 g/mol. The fraction of sp³-hybridized carbons (Fsp3) is 0.733. The van der Waals surface area contributed by atoms with Crippen LogP contribution in [0.25, 0.3) is 0 Å². The Morgan fingerprint density at radius 2 is 1.73 bits per heavy atom. The maximum atomic E-state index is 2.64. The lowest BCUT2D eigenvalue weighted by atomic mass is 9.63. The molecule has 4 rings (SSSR count). The van der Waals surface area contributed by atoms with Crippen molar-refractivity contribution in [2.24, 2.45) is 23.7 Å². The minimum atomic E-state index is 0.846. The Bertz CT molecular complexity index is 683. The van der Waals surface area contributed by atoms with Crippen molar-refractivity contribution in [2.45, 2.75) is 116 Å². The van der Waals surface area contributed by atoms with Gasteiger partial charge >= 0.3 is 0 Å². The normalized spacial score (nSPS) is 31.5. The first kappa shape index (κ1) is 22.2. The van der Waals surface area contributed by atoms with Gasteiger partial charge in [0.05, 0.1) is 0 Å². The first-order valence-corrected chi connectivity index (χ1v) is 13.5. The third-order valence-corrected chi connectivity index (χ3v) is 8.95. The van der Waals surface area contributed by atoms with Gasteiger partial charge in [0.15, 0.2) is 0 Å². The van der Waals surface area contributed by atoms with Gasteiger partial charge in [0, 0.05) is 0 Å². The second-order valence-electron chi connectivity index (χ2n) is 11.0. The molecule has 30 heavy (non-hydrogen) atoms. The highest BCUT2D eigenvalue weighted by molar-refractivity contribution is 5.36. The highest BCUT2D eigenvalue weighted by Crippen LogP contribution is 2.48. The Balaban J connectivity index is 1.30. The standard InChI is InChI=1S/C30H46/c1-3-5-7-9-23-11-13-27-21-29(17-15-25(27)19-23)30-18-16-26-20-24(10-8-6-4-2)12-14-28(26)22-30/h3,5,16,18,22-25,27,29H,4,6-15,17,19-21H2,1-2H3/b5-3+. The molecule has 0 spiro atoms. The van der Waals surface area contributed by atoms with Crippen molar-refractivity contribution < 1.29 is 0 Å². The third-order valence-electron chi connectivity index (χ3n) is 8.95. The second-order valence-corrected chi connectivity index (χ2v) is 11.0. The molecule has 2 saturated carbocycles. The van der Waals surface area contributed by atoms with E-state index < -0.39 is 0 Å². The van der Waals surface area contributed by atoms with Crippen LogP contribution in [0.3, 0.4) is 0 Å². The molecule has 0 heterocycles. The lowest BCUT2D eigenvalue weighted by Crippen LogP contribution is -2.30. The van der Waals surface area contributed by atoms with Crippen LogP contribution in [0.15, 0.2) is 30.4 Å². The zero-order valence-corrected chi connectivity index (χ0v) is 19.9. The van der Waals surface area contributed by atoms with Gasteiger partial charge in [-0.3, -0.25) is 0 Å². The quantitative estimate of drug-likeness (QED) is 0.298. The minimum Gasteiger partial charge on any atom is -0.0917 e. The summed E-state index contributed by atoms with van der Waals surface area (Å²) in [5, 5.41) is 0. The number of hydrogen-bond donors (Lipinski definition) is 0. The molecule has 0 amide bonds. The van der Waals surface area contributed by atoms with Gasteiger partial charge in [-0.05, 0) is 117 Å². The Morgan fingerprint density at radius 1 is 0.867 bits per heavy atom. The second kappa shape index (κ2) is 11.0. The van der Waals surface area contributed by atoms with Gasteiger partial charge in [-0.1, -0.05) is 69.4 Å².